The van der Waals surface area contributed by atoms with E-state index in [1.165, 1.54) is 36.1 Å². The number of rotatable bonds is 8. The van der Waals surface area contributed by atoms with Gasteiger partial charge in [0.1, 0.15) is 0 Å². The highest BCUT2D eigenvalue weighted by molar-refractivity contribution is 5.76. The molecule has 0 saturated carbocycles. The molecule has 2 aromatic rings. The monoisotopic (exact) mass is 379 g/mol. The fourth-order valence-corrected chi connectivity index (χ4v) is 3.88. The Morgan fingerprint density at radius 2 is 1.68 bits per heavy atom. The van der Waals surface area contributed by atoms with Crippen LogP contribution in [0, 0.1) is 0 Å². The van der Waals surface area contributed by atoms with Crippen LogP contribution in [0.1, 0.15) is 42.9 Å². The Labute approximate surface area is 169 Å². The molecule has 0 bridgehead atoms. The average molecular weight is 380 g/mol. The molecular formula is C24H33N3O. The summed E-state index contributed by atoms with van der Waals surface area (Å²) < 4.78 is 0. The third kappa shape index (κ3) is 5.83. The number of nitrogens with one attached hydrogen (secondary N) is 1. The molecule has 0 aromatic heterocycles. The second-order valence-electron chi connectivity index (χ2n) is 7.89. The van der Waals surface area contributed by atoms with Crippen LogP contribution in [0.3, 0.4) is 0 Å². The molecule has 150 valence electrons. The predicted octanol–water partition coefficient (Wildman–Crippen LogP) is 4.03. The van der Waals surface area contributed by atoms with Crippen LogP contribution in [-0.4, -0.2) is 44.5 Å². The first-order chi connectivity index (χ1) is 13.6. The van der Waals surface area contributed by atoms with E-state index < -0.39 is 0 Å². The molecular weight excluding hydrogens is 346 g/mol. The minimum Gasteiger partial charge on any atom is -0.378 e. The Balaban J connectivity index is 1.61. The first kappa shape index (κ1) is 20.4. The highest BCUT2D eigenvalue weighted by atomic mass is 16.1. The van der Waals surface area contributed by atoms with Crippen molar-refractivity contribution in [1.82, 2.24) is 10.2 Å². The number of amides is 1. The van der Waals surface area contributed by atoms with Crippen LogP contribution in [-0.2, 0) is 11.2 Å². The van der Waals surface area contributed by atoms with Crippen LogP contribution in [0.5, 0.6) is 0 Å². The maximum absolute atomic E-state index is 12.4. The lowest BCUT2D eigenvalue weighted by Crippen LogP contribution is -2.40. The Bertz CT molecular complexity index is 721. The Hall–Kier alpha value is -2.33. The number of hydrogen-bond acceptors (Lipinski definition) is 3. The van der Waals surface area contributed by atoms with Crippen molar-refractivity contribution in [1.29, 1.82) is 0 Å². The van der Waals surface area contributed by atoms with Crippen molar-refractivity contribution in [2.45, 2.75) is 38.1 Å². The molecule has 1 N–H and O–H groups in total. The van der Waals surface area contributed by atoms with Crippen molar-refractivity contribution < 1.29 is 4.79 Å². The van der Waals surface area contributed by atoms with Crippen molar-refractivity contribution in [3.63, 3.8) is 0 Å². The number of benzene rings is 2. The summed E-state index contributed by atoms with van der Waals surface area (Å²) in [5, 5.41) is 3.20. The zero-order valence-electron chi connectivity index (χ0n) is 17.2. The molecule has 3 rings (SSSR count). The lowest BCUT2D eigenvalue weighted by molar-refractivity contribution is -0.121. The molecule has 4 heteroatoms. The maximum Gasteiger partial charge on any atom is 0.220 e. The van der Waals surface area contributed by atoms with Crippen LogP contribution in [0.2, 0.25) is 0 Å². The highest BCUT2D eigenvalue weighted by Crippen LogP contribution is 2.26. The van der Waals surface area contributed by atoms with Gasteiger partial charge < -0.3 is 10.2 Å². The third-order valence-corrected chi connectivity index (χ3v) is 5.60. The number of hydrogen-bond donors (Lipinski definition) is 1. The van der Waals surface area contributed by atoms with Gasteiger partial charge in [-0.3, -0.25) is 9.69 Å². The minimum absolute atomic E-state index is 0.135. The third-order valence-electron chi connectivity index (χ3n) is 5.60. The topological polar surface area (TPSA) is 35.6 Å². The highest BCUT2D eigenvalue weighted by Gasteiger charge is 2.23. The standard InChI is InChI=1S/C24H33N3O/c1-26(2)22-14-12-21(13-15-22)23(27-17-7-4-8-18-27)19-25-24(28)16-11-20-9-5-3-6-10-20/h3,5-6,9-10,12-15,23H,4,7-8,11,16-19H2,1-2H3,(H,25,28). The van der Waals surface area contributed by atoms with Crippen molar-refractivity contribution >= 4 is 11.6 Å². The Morgan fingerprint density at radius 3 is 2.32 bits per heavy atom. The molecule has 1 unspecified atom stereocenters. The molecule has 1 heterocycles. The van der Waals surface area contributed by atoms with E-state index in [4.69, 9.17) is 0 Å². The van der Waals surface area contributed by atoms with Crippen molar-refractivity contribution in [3.05, 3.63) is 65.7 Å². The number of anilines is 1. The van der Waals surface area contributed by atoms with Gasteiger partial charge in [-0.05, 0) is 55.6 Å². The second kappa shape index (κ2) is 10.3. The summed E-state index contributed by atoms with van der Waals surface area (Å²) in [5.74, 6) is 0.135. The Morgan fingerprint density at radius 1 is 1.00 bits per heavy atom. The van der Waals surface area contributed by atoms with E-state index in [9.17, 15) is 4.79 Å². The fraction of sp³-hybridized carbons (Fsp3) is 0.458. The lowest BCUT2D eigenvalue weighted by atomic mass is 10.0. The molecule has 1 aliphatic rings. The van der Waals surface area contributed by atoms with Crippen LogP contribution < -0.4 is 10.2 Å². The molecule has 1 fully saturated rings. The SMILES string of the molecule is CN(C)c1ccc(C(CNC(=O)CCc2ccccc2)N2CCCCC2)cc1. The molecule has 1 amide bonds. The zero-order valence-corrected chi connectivity index (χ0v) is 17.2. The molecule has 4 nitrogen and oxygen atoms in total. The average Bonchev–Trinajstić information content (AvgIpc) is 2.74. The maximum atomic E-state index is 12.4. The van der Waals surface area contributed by atoms with Gasteiger partial charge in [-0.2, -0.15) is 0 Å². The van der Waals surface area contributed by atoms with Crippen LogP contribution >= 0.6 is 0 Å². The van der Waals surface area contributed by atoms with E-state index in [2.05, 4.69) is 65.6 Å². The van der Waals surface area contributed by atoms with Gasteiger partial charge in [0, 0.05) is 32.7 Å². The molecule has 1 aliphatic heterocycles. The van der Waals surface area contributed by atoms with Gasteiger partial charge in [0.25, 0.3) is 0 Å². The number of carbonyl (C=O) groups is 1. The summed E-state index contributed by atoms with van der Waals surface area (Å²) in [4.78, 5) is 17.1. The smallest absolute Gasteiger partial charge is 0.220 e. The van der Waals surface area contributed by atoms with E-state index in [1.54, 1.807) is 0 Å². The summed E-state index contributed by atoms with van der Waals surface area (Å²) in [7, 11) is 4.12. The lowest BCUT2D eigenvalue weighted by Gasteiger charge is -2.35. The number of carbonyl (C=O) groups excluding carboxylic acids is 1. The molecule has 1 saturated heterocycles. The van der Waals surface area contributed by atoms with E-state index >= 15 is 0 Å². The van der Waals surface area contributed by atoms with Gasteiger partial charge >= 0.3 is 0 Å². The Kier molecular flexibility index (Phi) is 7.49. The van der Waals surface area contributed by atoms with E-state index in [1.807, 2.05) is 18.2 Å². The van der Waals surface area contributed by atoms with Gasteiger partial charge in [-0.15, -0.1) is 0 Å². The summed E-state index contributed by atoms with van der Waals surface area (Å²) in [6.07, 6.45) is 5.13. The molecule has 1 atom stereocenters. The normalized spacial score (nSPS) is 15.8. The summed E-state index contributed by atoms with van der Waals surface area (Å²) in [6, 6.07) is 19.2. The van der Waals surface area contributed by atoms with Gasteiger partial charge in [0.15, 0.2) is 0 Å². The first-order valence-corrected chi connectivity index (χ1v) is 10.5. The number of likely N-dealkylation sites (tertiary alicyclic amines) is 1. The summed E-state index contributed by atoms with van der Waals surface area (Å²) in [6.45, 7) is 2.90. The molecule has 0 spiro atoms. The van der Waals surface area contributed by atoms with Gasteiger partial charge in [0.2, 0.25) is 5.91 Å². The fourth-order valence-electron chi connectivity index (χ4n) is 3.88. The van der Waals surface area contributed by atoms with Gasteiger partial charge in [-0.1, -0.05) is 48.9 Å². The van der Waals surface area contributed by atoms with E-state index in [0.29, 0.717) is 13.0 Å². The van der Waals surface area contributed by atoms with Crippen LogP contribution in [0.15, 0.2) is 54.6 Å². The summed E-state index contributed by atoms with van der Waals surface area (Å²) in [5.41, 5.74) is 3.70. The van der Waals surface area contributed by atoms with E-state index in [0.717, 1.165) is 19.5 Å². The first-order valence-electron chi connectivity index (χ1n) is 10.5. The summed E-state index contributed by atoms with van der Waals surface area (Å²) >= 11 is 0. The van der Waals surface area contributed by atoms with Crippen LogP contribution in [0.25, 0.3) is 0 Å². The largest absolute Gasteiger partial charge is 0.378 e. The number of nitrogens with zero attached hydrogens (tertiary/aromatic N) is 2. The van der Waals surface area contributed by atoms with Gasteiger partial charge in [-0.25, -0.2) is 0 Å². The molecule has 0 aliphatic carbocycles. The van der Waals surface area contributed by atoms with Crippen molar-refractivity contribution in [2.75, 3.05) is 38.6 Å². The molecule has 0 radical (unpaired) electrons. The van der Waals surface area contributed by atoms with Crippen molar-refractivity contribution in [3.8, 4) is 0 Å². The quantitative estimate of drug-likeness (QED) is 0.752. The predicted molar refractivity (Wildman–Crippen MR) is 117 cm³/mol. The zero-order chi connectivity index (χ0) is 19.8. The van der Waals surface area contributed by atoms with Gasteiger partial charge in [0.05, 0.1) is 6.04 Å². The minimum atomic E-state index is 0.135. The van der Waals surface area contributed by atoms with Crippen LogP contribution in [0.4, 0.5) is 5.69 Å². The van der Waals surface area contributed by atoms with E-state index in [-0.39, 0.29) is 11.9 Å². The number of aryl methyl sites for hydroxylation is 1. The second-order valence-corrected chi connectivity index (χ2v) is 7.89. The van der Waals surface area contributed by atoms with Crippen molar-refractivity contribution in [2.24, 2.45) is 0 Å². The number of piperidine rings is 1. The molecule has 28 heavy (non-hydrogen) atoms. The molecule has 2 aromatic carbocycles.